The van der Waals surface area contributed by atoms with Crippen LogP contribution in [0.2, 0.25) is 10.0 Å². The van der Waals surface area contributed by atoms with Crippen LogP contribution in [0.1, 0.15) is 0 Å². The third kappa shape index (κ3) is 5.01. The van der Waals surface area contributed by atoms with Gasteiger partial charge in [-0.05, 0) is 42.5 Å². The van der Waals surface area contributed by atoms with E-state index in [1.54, 1.807) is 12.1 Å². The number of nitrogens with one attached hydrogen (secondary N) is 1. The van der Waals surface area contributed by atoms with Gasteiger partial charge in [-0.25, -0.2) is 12.8 Å². The van der Waals surface area contributed by atoms with Gasteiger partial charge in [-0.15, -0.1) is 0 Å². The van der Waals surface area contributed by atoms with Crippen molar-refractivity contribution < 1.29 is 17.6 Å². The number of carbonyl (C=O) groups excluding carboxylic acids is 1. The lowest BCUT2D eigenvalue weighted by molar-refractivity contribution is -0.117. The van der Waals surface area contributed by atoms with Crippen molar-refractivity contribution in [1.29, 1.82) is 0 Å². The molecular weight excluding hydrogens is 428 g/mol. The lowest BCUT2D eigenvalue weighted by Crippen LogP contribution is -2.50. The smallest absolute Gasteiger partial charge is 0.243 e. The van der Waals surface area contributed by atoms with Crippen LogP contribution in [0, 0.1) is 5.82 Å². The van der Waals surface area contributed by atoms with Crippen LogP contribution in [0.15, 0.2) is 47.4 Å². The van der Waals surface area contributed by atoms with Gasteiger partial charge in [0.1, 0.15) is 5.82 Å². The van der Waals surface area contributed by atoms with Gasteiger partial charge in [0.15, 0.2) is 0 Å². The Hall–Kier alpha value is -1.71. The van der Waals surface area contributed by atoms with Crippen LogP contribution in [0.5, 0.6) is 0 Å². The maximum atomic E-state index is 13.0. The Morgan fingerprint density at radius 2 is 1.68 bits per heavy atom. The van der Waals surface area contributed by atoms with Crippen molar-refractivity contribution >= 4 is 44.8 Å². The SMILES string of the molecule is O=C(CN1CCN(S(=O)(=O)c2ccc(F)cc2)CC1)Nc1ccc(Cl)cc1Cl. The van der Waals surface area contributed by atoms with Crippen molar-refractivity contribution in [3.8, 4) is 0 Å². The molecular formula is C18H18Cl2FN3O3S. The Balaban J connectivity index is 1.55. The number of benzene rings is 2. The van der Waals surface area contributed by atoms with Gasteiger partial charge < -0.3 is 5.32 Å². The highest BCUT2D eigenvalue weighted by Crippen LogP contribution is 2.25. The van der Waals surface area contributed by atoms with E-state index in [0.29, 0.717) is 28.8 Å². The average Bonchev–Trinajstić information content (AvgIpc) is 2.65. The molecule has 0 bridgehead atoms. The Morgan fingerprint density at radius 1 is 1.04 bits per heavy atom. The lowest BCUT2D eigenvalue weighted by atomic mass is 10.3. The number of hydrogen-bond acceptors (Lipinski definition) is 4. The first kappa shape index (κ1) is 21.0. The number of piperazine rings is 1. The fraction of sp³-hybridized carbons (Fsp3) is 0.278. The van der Waals surface area contributed by atoms with E-state index in [1.807, 2.05) is 4.90 Å². The summed E-state index contributed by atoms with van der Waals surface area (Å²) in [5, 5.41) is 3.54. The highest BCUT2D eigenvalue weighted by molar-refractivity contribution is 7.89. The number of hydrogen-bond donors (Lipinski definition) is 1. The maximum absolute atomic E-state index is 13.0. The first-order valence-corrected chi connectivity index (χ1v) is 10.7. The predicted molar refractivity (Wildman–Crippen MR) is 107 cm³/mol. The molecule has 0 radical (unpaired) electrons. The number of nitrogens with zero attached hydrogens (tertiary/aromatic N) is 2. The van der Waals surface area contributed by atoms with Crippen molar-refractivity contribution in [2.75, 3.05) is 38.0 Å². The molecule has 0 unspecified atom stereocenters. The summed E-state index contributed by atoms with van der Waals surface area (Å²) in [5.41, 5.74) is 0.466. The van der Waals surface area contributed by atoms with Crippen LogP contribution in [-0.2, 0) is 14.8 Å². The van der Waals surface area contributed by atoms with Gasteiger partial charge in [0.25, 0.3) is 0 Å². The summed E-state index contributed by atoms with van der Waals surface area (Å²) in [6.45, 7) is 1.41. The molecule has 0 aliphatic carbocycles. The highest BCUT2D eigenvalue weighted by atomic mass is 35.5. The molecule has 0 saturated carbocycles. The molecule has 6 nitrogen and oxygen atoms in total. The summed E-state index contributed by atoms with van der Waals surface area (Å²) in [7, 11) is -3.68. The summed E-state index contributed by atoms with van der Waals surface area (Å²) in [5.74, 6) is -0.741. The van der Waals surface area contributed by atoms with Gasteiger partial charge in [-0.1, -0.05) is 23.2 Å². The summed E-state index contributed by atoms with van der Waals surface area (Å²) in [4.78, 5) is 14.1. The van der Waals surface area contributed by atoms with Gasteiger partial charge in [-0.3, -0.25) is 9.69 Å². The van der Waals surface area contributed by atoms with Gasteiger partial charge in [0.05, 0.1) is 22.2 Å². The molecule has 2 aromatic rings. The van der Waals surface area contributed by atoms with E-state index < -0.39 is 15.8 Å². The minimum Gasteiger partial charge on any atom is -0.324 e. The molecule has 0 spiro atoms. The molecule has 0 aromatic heterocycles. The van der Waals surface area contributed by atoms with Crippen LogP contribution < -0.4 is 5.32 Å². The van der Waals surface area contributed by atoms with E-state index in [4.69, 9.17) is 23.2 Å². The zero-order chi connectivity index (χ0) is 20.3. The minimum atomic E-state index is -3.68. The second kappa shape index (κ2) is 8.75. The van der Waals surface area contributed by atoms with Crippen molar-refractivity contribution in [2.24, 2.45) is 0 Å². The molecule has 2 aromatic carbocycles. The van der Waals surface area contributed by atoms with Gasteiger partial charge in [-0.2, -0.15) is 4.31 Å². The molecule has 28 heavy (non-hydrogen) atoms. The van der Waals surface area contributed by atoms with E-state index >= 15 is 0 Å². The molecule has 1 saturated heterocycles. The summed E-state index contributed by atoms with van der Waals surface area (Å²) >= 11 is 11.9. The number of amides is 1. The largest absolute Gasteiger partial charge is 0.324 e. The molecule has 0 atom stereocenters. The standard InChI is InChI=1S/C18H18Cl2FN3O3S/c19-13-1-6-17(16(20)11-13)22-18(25)12-23-7-9-24(10-8-23)28(26,27)15-4-2-14(21)3-5-15/h1-6,11H,7-10,12H2,(H,22,25). The fourth-order valence-electron chi connectivity index (χ4n) is 2.87. The Morgan fingerprint density at radius 3 is 2.29 bits per heavy atom. The third-order valence-electron chi connectivity index (χ3n) is 4.36. The predicted octanol–water partition coefficient (Wildman–Crippen LogP) is 3.08. The van der Waals surface area contributed by atoms with Crippen molar-refractivity contribution in [2.45, 2.75) is 4.90 Å². The fourth-order valence-corrected chi connectivity index (χ4v) is 4.75. The van der Waals surface area contributed by atoms with Crippen LogP contribution in [0.25, 0.3) is 0 Å². The maximum Gasteiger partial charge on any atom is 0.243 e. The molecule has 1 aliphatic rings. The first-order valence-electron chi connectivity index (χ1n) is 8.49. The van der Waals surface area contributed by atoms with E-state index in [0.717, 1.165) is 12.1 Å². The molecule has 1 N–H and O–H groups in total. The van der Waals surface area contributed by atoms with Crippen LogP contribution in [0.3, 0.4) is 0 Å². The molecule has 3 rings (SSSR count). The van der Waals surface area contributed by atoms with E-state index in [1.165, 1.54) is 22.5 Å². The van der Waals surface area contributed by atoms with Crippen LogP contribution >= 0.6 is 23.2 Å². The normalized spacial score (nSPS) is 16.1. The zero-order valence-electron chi connectivity index (χ0n) is 14.7. The molecule has 1 heterocycles. The topological polar surface area (TPSA) is 69.7 Å². The minimum absolute atomic E-state index is 0.0532. The Labute approximate surface area is 172 Å². The van der Waals surface area contributed by atoms with E-state index in [2.05, 4.69) is 5.32 Å². The highest BCUT2D eigenvalue weighted by Gasteiger charge is 2.29. The number of anilines is 1. The van der Waals surface area contributed by atoms with Crippen molar-refractivity contribution in [3.63, 3.8) is 0 Å². The first-order chi connectivity index (χ1) is 13.3. The number of sulfonamides is 1. The second-order valence-corrected chi connectivity index (χ2v) is 9.09. The Bertz CT molecular complexity index is 963. The molecule has 1 aliphatic heterocycles. The van der Waals surface area contributed by atoms with Gasteiger partial charge in [0.2, 0.25) is 15.9 Å². The van der Waals surface area contributed by atoms with E-state index in [-0.39, 0.29) is 30.4 Å². The van der Waals surface area contributed by atoms with Gasteiger partial charge in [0, 0.05) is 31.2 Å². The van der Waals surface area contributed by atoms with Crippen LogP contribution in [0.4, 0.5) is 10.1 Å². The second-order valence-electron chi connectivity index (χ2n) is 6.31. The molecule has 1 fully saturated rings. The summed E-state index contributed by atoms with van der Waals surface area (Å²) in [6, 6.07) is 9.53. The molecule has 150 valence electrons. The number of halogens is 3. The van der Waals surface area contributed by atoms with Gasteiger partial charge >= 0.3 is 0 Å². The Kier molecular flexibility index (Phi) is 6.57. The third-order valence-corrected chi connectivity index (χ3v) is 6.82. The number of rotatable bonds is 5. The molecule has 10 heteroatoms. The monoisotopic (exact) mass is 445 g/mol. The van der Waals surface area contributed by atoms with E-state index in [9.17, 15) is 17.6 Å². The van der Waals surface area contributed by atoms with Crippen molar-refractivity contribution in [3.05, 3.63) is 58.3 Å². The number of carbonyl (C=O) groups is 1. The summed E-state index contributed by atoms with van der Waals surface area (Å²) in [6.07, 6.45) is 0. The molecule has 1 amide bonds. The quantitative estimate of drug-likeness (QED) is 0.767. The zero-order valence-corrected chi connectivity index (χ0v) is 17.1. The van der Waals surface area contributed by atoms with Crippen molar-refractivity contribution in [1.82, 2.24) is 9.21 Å². The summed E-state index contributed by atoms with van der Waals surface area (Å²) < 4.78 is 39.6. The average molecular weight is 446 g/mol. The van der Waals surface area contributed by atoms with Crippen LogP contribution in [-0.4, -0.2) is 56.3 Å². The lowest BCUT2D eigenvalue weighted by Gasteiger charge is -2.33.